The molecule has 150 valence electrons. The number of aryl methyl sites for hydroxylation is 1. The maximum Gasteiger partial charge on any atom is 0.248 e. The summed E-state index contributed by atoms with van der Waals surface area (Å²) < 4.78 is 22.4. The zero-order valence-electron chi connectivity index (χ0n) is 16.7. The third-order valence-electron chi connectivity index (χ3n) is 4.75. The van der Waals surface area contributed by atoms with E-state index in [0.29, 0.717) is 42.8 Å². The fourth-order valence-corrected chi connectivity index (χ4v) is 3.34. The monoisotopic (exact) mass is 393 g/mol. The van der Waals surface area contributed by atoms with Crippen LogP contribution >= 0.6 is 0 Å². The molecule has 0 aliphatic carbocycles. The van der Waals surface area contributed by atoms with Gasteiger partial charge in [0.25, 0.3) is 0 Å². The Morgan fingerprint density at radius 1 is 1.17 bits per heavy atom. The van der Waals surface area contributed by atoms with E-state index in [2.05, 4.69) is 5.32 Å². The lowest BCUT2D eigenvalue weighted by atomic mass is 10.0. The lowest BCUT2D eigenvalue weighted by molar-refractivity contribution is -0.111. The molecule has 0 unspecified atom stereocenters. The number of nitrogens with one attached hydrogen (secondary N) is 1. The van der Waals surface area contributed by atoms with Crippen molar-refractivity contribution in [2.75, 3.05) is 25.1 Å². The average Bonchev–Trinajstić information content (AvgIpc) is 3.07. The van der Waals surface area contributed by atoms with E-state index in [1.54, 1.807) is 30.5 Å². The summed E-state index contributed by atoms with van der Waals surface area (Å²) in [4.78, 5) is 12.6. The number of amides is 1. The molecule has 1 aliphatic rings. The number of rotatable bonds is 5. The maximum absolute atomic E-state index is 12.6. The van der Waals surface area contributed by atoms with Gasteiger partial charge < -0.3 is 23.9 Å². The third kappa shape index (κ3) is 3.92. The minimum atomic E-state index is -0.231. The number of benzene rings is 2. The number of fused-ring (bicyclic) bond motifs is 2. The van der Waals surface area contributed by atoms with Crippen LogP contribution in [0.5, 0.6) is 17.2 Å². The Kier molecular flexibility index (Phi) is 5.16. The summed E-state index contributed by atoms with van der Waals surface area (Å²) in [5.74, 6) is 1.78. The van der Waals surface area contributed by atoms with Crippen LogP contribution in [0, 0.1) is 6.92 Å². The summed E-state index contributed by atoms with van der Waals surface area (Å²) in [7, 11) is 0. The van der Waals surface area contributed by atoms with Crippen molar-refractivity contribution in [2.45, 2.75) is 20.8 Å². The molecule has 2 aromatic carbocycles. The van der Waals surface area contributed by atoms with Crippen molar-refractivity contribution >= 4 is 28.1 Å². The second-order valence-electron chi connectivity index (χ2n) is 6.87. The minimum Gasteiger partial charge on any atom is -0.493 e. The fourth-order valence-electron chi connectivity index (χ4n) is 3.34. The number of furan rings is 1. The zero-order valence-corrected chi connectivity index (χ0v) is 16.7. The molecule has 3 aromatic rings. The standard InChI is InChI=1S/C23H23NO5/c1-4-26-20-12-21-18(15(3)13-29-21)11-17(20)14(2)9-23(25)24-16-5-6-19-22(10-16)28-8-7-27-19/h5-6,9-13H,4,7-8H2,1-3H3,(H,24,25)/b14-9+. The van der Waals surface area contributed by atoms with Gasteiger partial charge in [0.05, 0.1) is 12.9 Å². The van der Waals surface area contributed by atoms with Crippen LogP contribution in [0.2, 0.25) is 0 Å². The first-order chi connectivity index (χ1) is 14.0. The summed E-state index contributed by atoms with van der Waals surface area (Å²) in [6, 6.07) is 9.23. The van der Waals surface area contributed by atoms with Crippen molar-refractivity contribution in [2.24, 2.45) is 0 Å². The summed E-state index contributed by atoms with van der Waals surface area (Å²) >= 11 is 0. The van der Waals surface area contributed by atoms with Crippen LogP contribution in [0.3, 0.4) is 0 Å². The molecule has 0 radical (unpaired) electrons. The van der Waals surface area contributed by atoms with E-state index in [1.165, 1.54) is 0 Å². The highest BCUT2D eigenvalue weighted by Crippen LogP contribution is 2.34. The number of carbonyl (C=O) groups excluding carboxylic acids is 1. The fraction of sp³-hybridized carbons (Fsp3) is 0.261. The summed E-state index contributed by atoms with van der Waals surface area (Å²) in [6.45, 7) is 7.36. The number of allylic oxidation sites excluding steroid dienone is 1. The van der Waals surface area contributed by atoms with Crippen molar-refractivity contribution in [3.8, 4) is 17.2 Å². The summed E-state index contributed by atoms with van der Waals surface area (Å²) in [6.07, 6.45) is 3.29. The van der Waals surface area contributed by atoms with Gasteiger partial charge in [-0.25, -0.2) is 0 Å². The minimum absolute atomic E-state index is 0.231. The lowest BCUT2D eigenvalue weighted by Crippen LogP contribution is -2.16. The molecular formula is C23H23NO5. The van der Waals surface area contributed by atoms with Gasteiger partial charge in [0, 0.05) is 34.8 Å². The molecule has 1 aromatic heterocycles. The van der Waals surface area contributed by atoms with Crippen LogP contribution in [-0.4, -0.2) is 25.7 Å². The van der Waals surface area contributed by atoms with Gasteiger partial charge in [-0.3, -0.25) is 4.79 Å². The first kappa shape index (κ1) is 18.9. The predicted octanol–water partition coefficient (Wildman–Crippen LogP) is 4.95. The third-order valence-corrected chi connectivity index (χ3v) is 4.75. The predicted molar refractivity (Wildman–Crippen MR) is 112 cm³/mol. The molecule has 0 fully saturated rings. The van der Waals surface area contributed by atoms with Crippen LogP contribution in [0.4, 0.5) is 5.69 Å². The van der Waals surface area contributed by atoms with Crippen molar-refractivity contribution in [1.29, 1.82) is 0 Å². The van der Waals surface area contributed by atoms with E-state index in [1.807, 2.05) is 32.9 Å². The number of ether oxygens (including phenoxy) is 3. The van der Waals surface area contributed by atoms with Crippen molar-refractivity contribution < 1.29 is 23.4 Å². The molecule has 4 rings (SSSR count). The van der Waals surface area contributed by atoms with Gasteiger partial charge in [0.2, 0.25) is 5.91 Å². The molecule has 6 nitrogen and oxygen atoms in total. The average molecular weight is 393 g/mol. The molecule has 2 heterocycles. The number of anilines is 1. The first-order valence-corrected chi connectivity index (χ1v) is 9.59. The Bertz CT molecular complexity index is 1100. The number of hydrogen-bond acceptors (Lipinski definition) is 5. The van der Waals surface area contributed by atoms with Gasteiger partial charge in [-0.2, -0.15) is 0 Å². The van der Waals surface area contributed by atoms with Crippen LogP contribution in [0.1, 0.15) is 25.0 Å². The molecular weight excluding hydrogens is 370 g/mol. The van der Waals surface area contributed by atoms with Crippen molar-refractivity contribution in [1.82, 2.24) is 0 Å². The van der Waals surface area contributed by atoms with E-state index >= 15 is 0 Å². The largest absolute Gasteiger partial charge is 0.493 e. The van der Waals surface area contributed by atoms with Gasteiger partial charge in [0.15, 0.2) is 11.5 Å². The molecule has 0 saturated carbocycles. The molecule has 0 spiro atoms. The van der Waals surface area contributed by atoms with Crippen molar-refractivity contribution in [3.05, 3.63) is 53.8 Å². The van der Waals surface area contributed by atoms with Gasteiger partial charge >= 0.3 is 0 Å². The topological polar surface area (TPSA) is 69.9 Å². The van der Waals surface area contributed by atoms with Gasteiger partial charge in [-0.05, 0) is 50.1 Å². The lowest BCUT2D eigenvalue weighted by Gasteiger charge is -2.18. The molecule has 6 heteroatoms. The Hall–Kier alpha value is -3.41. The van der Waals surface area contributed by atoms with E-state index < -0.39 is 0 Å². The van der Waals surface area contributed by atoms with Gasteiger partial charge in [-0.1, -0.05) is 0 Å². The van der Waals surface area contributed by atoms with Crippen LogP contribution in [-0.2, 0) is 4.79 Å². The Balaban J connectivity index is 1.59. The number of carbonyl (C=O) groups is 1. The summed E-state index contributed by atoms with van der Waals surface area (Å²) in [5.41, 5.74) is 4.11. The van der Waals surface area contributed by atoms with Crippen molar-refractivity contribution in [3.63, 3.8) is 0 Å². The van der Waals surface area contributed by atoms with E-state index in [0.717, 1.165) is 27.7 Å². The van der Waals surface area contributed by atoms with Gasteiger partial charge in [0.1, 0.15) is 24.5 Å². The smallest absolute Gasteiger partial charge is 0.248 e. The highest BCUT2D eigenvalue weighted by Gasteiger charge is 2.14. The first-order valence-electron chi connectivity index (χ1n) is 9.59. The van der Waals surface area contributed by atoms with Crippen LogP contribution < -0.4 is 19.5 Å². The van der Waals surface area contributed by atoms with E-state index in [-0.39, 0.29) is 5.91 Å². The highest BCUT2D eigenvalue weighted by molar-refractivity contribution is 6.04. The Labute approximate surface area is 169 Å². The molecule has 0 atom stereocenters. The highest BCUT2D eigenvalue weighted by atomic mass is 16.6. The van der Waals surface area contributed by atoms with Gasteiger partial charge in [-0.15, -0.1) is 0 Å². The molecule has 1 aliphatic heterocycles. The maximum atomic E-state index is 12.6. The number of hydrogen-bond donors (Lipinski definition) is 1. The Morgan fingerprint density at radius 2 is 1.97 bits per heavy atom. The van der Waals surface area contributed by atoms with Crippen LogP contribution in [0.15, 0.2) is 47.1 Å². The molecule has 0 bridgehead atoms. The molecule has 1 N–H and O–H groups in total. The zero-order chi connectivity index (χ0) is 20.4. The quantitative estimate of drug-likeness (QED) is 0.621. The summed E-state index contributed by atoms with van der Waals surface area (Å²) in [5, 5.41) is 3.88. The second-order valence-corrected chi connectivity index (χ2v) is 6.87. The molecule has 1 amide bonds. The van der Waals surface area contributed by atoms with Crippen LogP contribution in [0.25, 0.3) is 16.5 Å². The SMILES string of the molecule is CCOc1cc2occ(C)c2cc1/C(C)=C/C(=O)Nc1ccc2c(c1)OCCO2. The Morgan fingerprint density at radius 3 is 2.76 bits per heavy atom. The normalized spacial score (nSPS) is 13.4. The van der Waals surface area contributed by atoms with E-state index in [4.69, 9.17) is 18.6 Å². The van der Waals surface area contributed by atoms with E-state index in [9.17, 15) is 4.79 Å². The second kappa shape index (κ2) is 7.91. The molecule has 29 heavy (non-hydrogen) atoms. The molecule has 0 saturated heterocycles.